The summed E-state index contributed by atoms with van der Waals surface area (Å²) in [6.07, 6.45) is 0. The van der Waals surface area contributed by atoms with Crippen LogP contribution >= 0.6 is 0 Å². The highest BCUT2D eigenvalue weighted by molar-refractivity contribution is 7.89. The maximum absolute atomic E-state index is 12.7. The van der Waals surface area contributed by atoms with Gasteiger partial charge in [-0.05, 0) is 42.0 Å². The molecule has 3 rings (SSSR count). The van der Waals surface area contributed by atoms with Crippen molar-refractivity contribution in [2.24, 2.45) is 0 Å². The summed E-state index contributed by atoms with van der Waals surface area (Å²) in [5, 5.41) is 17.8. The smallest absolute Gasteiger partial charge is 0.335 e. The minimum absolute atomic E-state index is 0.0567. The van der Waals surface area contributed by atoms with Crippen LogP contribution in [0.3, 0.4) is 0 Å². The average molecular weight is 385 g/mol. The Kier molecular flexibility index (Phi) is 5.56. The Morgan fingerprint density at radius 1 is 1.00 bits per heavy atom. The van der Waals surface area contributed by atoms with Gasteiger partial charge in [0, 0.05) is 32.7 Å². The van der Waals surface area contributed by atoms with E-state index < -0.39 is 16.0 Å². The third-order valence-corrected chi connectivity index (χ3v) is 6.47. The van der Waals surface area contributed by atoms with E-state index in [1.54, 1.807) is 12.1 Å². The number of sulfonamides is 1. The number of hydrogen-bond acceptors (Lipinski definition) is 5. The molecule has 0 saturated carbocycles. The molecule has 2 aromatic rings. The number of aromatic carboxylic acids is 1. The molecule has 27 heavy (non-hydrogen) atoms. The summed E-state index contributed by atoms with van der Waals surface area (Å²) in [5.74, 6) is -1.09. The molecule has 0 aromatic heterocycles. The first-order valence-corrected chi connectivity index (χ1v) is 9.89. The first-order chi connectivity index (χ1) is 12.9. The molecular formula is C19H19N3O4S. The van der Waals surface area contributed by atoms with Crippen LogP contribution in [0.25, 0.3) is 0 Å². The lowest BCUT2D eigenvalue weighted by atomic mass is 10.1. The molecule has 2 aromatic carbocycles. The summed E-state index contributed by atoms with van der Waals surface area (Å²) in [6.45, 7) is 2.66. The summed E-state index contributed by atoms with van der Waals surface area (Å²) < 4.78 is 26.9. The van der Waals surface area contributed by atoms with Gasteiger partial charge < -0.3 is 5.11 Å². The average Bonchev–Trinajstić information content (AvgIpc) is 2.69. The van der Waals surface area contributed by atoms with Crippen molar-refractivity contribution in [2.75, 3.05) is 26.2 Å². The third kappa shape index (κ3) is 4.34. The Morgan fingerprint density at radius 3 is 2.11 bits per heavy atom. The largest absolute Gasteiger partial charge is 0.478 e. The molecule has 1 fully saturated rings. The third-order valence-electron chi connectivity index (χ3n) is 4.56. The topological polar surface area (TPSA) is 102 Å². The SMILES string of the molecule is N#Cc1ccc(CN2CCN(S(=O)(=O)c3ccc(C(=O)O)cc3)CC2)cc1. The minimum atomic E-state index is -3.63. The van der Waals surface area contributed by atoms with Crippen molar-refractivity contribution in [3.63, 3.8) is 0 Å². The predicted molar refractivity (Wildman–Crippen MR) is 98.6 cm³/mol. The van der Waals surface area contributed by atoms with Gasteiger partial charge in [0.25, 0.3) is 0 Å². The summed E-state index contributed by atoms with van der Waals surface area (Å²) in [5.41, 5.74) is 1.75. The van der Waals surface area contributed by atoms with Crippen LogP contribution in [0.4, 0.5) is 0 Å². The molecule has 0 bridgehead atoms. The molecule has 1 aliphatic heterocycles. The van der Waals surface area contributed by atoms with Crippen molar-refractivity contribution < 1.29 is 18.3 Å². The zero-order chi connectivity index (χ0) is 19.4. The molecule has 0 unspecified atom stereocenters. The van der Waals surface area contributed by atoms with Crippen molar-refractivity contribution in [1.82, 2.24) is 9.21 Å². The predicted octanol–water partition coefficient (Wildman–Crippen LogP) is 1.76. The molecule has 0 spiro atoms. The Morgan fingerprint density at radius 2 is 1.59 bits per heavy atom. The number of rotatable bonds is 5. The number of nitrogens with zero attached hydrogens (tertiary/aromatic N) is 3. The van der Waals surface area contributed by atoms with Gasteiger partial charge in [-0.2, -0.15) is 9.57 Å². The molecule has 140 valence electrons. The molecule has 0 radical (unpaired) electrons. The van der Waals surface area contributed by atoms with Crippen molar-refractivity contribution in [1.29, 1.82) is 5.26 Å². The molecule has 1 N–H and O–H groups in total. The van der Waals surface area contributed by atoms with E-state index in [0.29, 0.717) is 38.3 Å². The molecule has 7 nitrogen and oxygen atoms in total. The first kappa shape index (κ1) is 19.0. The van der Waals surface area contributed by atoms with Gasteiger partial charge in [-0.1, -0.05) is 12.1 Å². The monoisotopic (exact) mass is 385 g/mol. The summed E-state index contributed by atoms with van der Waals surface area (Å²) in [7, 11) is -3.63. The Hall–Kier alpha value is -2.73. The highest BCUT2D eigenvalue weighted by Gasteiger charge is 2.28. The quantitative estimate of drug-likeness (QED) is 0.842. The summed E-state index contributed by atoms with van der Waals surface area (Å²) in [6, 6.07) is 14.7. The molecule has 0 aliphatic carbocycles. The van der Waals surface area contributed by atoms with Gasteiger partial charge in [0.05, 0.1) is 22.1 Å². The maximum atomic E-state index is 12.7. The van der Waals surface area contributed by atoms with Crippen LogP contribution in [0.1, 0.15) is 21.5 Å². The van der Waals surface area contributed by atoms with E-state index in [-0.39, 0.29) is 10.5 Å². The van der Waals surface area contributed by atoms with Crippen molar-refractivity contribution in [3.8, 4) is 6.07 Å². The second-order valence-corrected chi connectivity index (χ2v) is 8.26. The highest BCUT2D eigenvalue weighted by atomic mass is 32.2. The highest BCUT2D eigenvalue weighted by Crippen LogP contribution is 2.19. The molecule has 0 amide bonds. The number of carboxylic acids is 1. The minimum Gasteiger partial charge on any atom is -0.478 e. The van der Waals surface area contributed by atoms with Gasteiger partial charge in [0.2, 0.25) is 10.0 Å². The normalized spacial score (nSPS) is 16.0. The molecule has 1 saturated heterocycles. The van der Waals surface area contributed by atoms with Crippen LogP contribution in [0.15, 0.2) is 53.4 Å². The molecule has 0 atom stereocenters. The van der Waals surface area contributed by atoms with Crippen molar-refractivity contribution in [2.45, 2.75) is 11.4 Å². The zero-order valence-electron chi connectivity index (χ0n) is 14.6. The van der Waals surface area contributed by atoms with Gasteiger partial charge in [-0.15, -0.1) is 0 Å². The lowest BCUT2D eigenvalue weighted by Crippen LogP contribution is -2.48. The van der Waals surface area contributed by atoms with Crippen LogP contribution in [0, 0.1) is 11.3 Å². The van der Waals surface area contributed by atoms with Crippen LogP contribution in [0.2, 0.25) is 0 Å². The van der Waals surface area contributed by atoms with Gasteiger partial charge >= 0.3 is 5.97 Å². The molecule has 1 aliphatic rings. The second-order valence-electron chi connectivity index (χ2n) is 6.32. The first-order valence-electron chi connectivity index (χ1n) is 8.45. The van der Waals surface area contributed by atoms with E-state index in [1.165, 1.54) is 28.6 Å². The Labute approximate surface area is 158 Å². The number of piperazine rings is 1. The fourth-order valence-corrected chi connectivity index (χ4v) is 4.41. The van der Waals surface area contributed by atoms with E-state index in [0.717, 1.165) is 5.56 Å². The fourth-order valence-electron chi connectivity index (χ4n) is 2.99. The lowest BCUT2D eigenvalue weighted by molar-refractivity contribution is 0.0696. The van der Waals surface area contributed by atoms with Crippen molar-refractivity contribution >= 4 is 16.0 Å². The van der Waals surface area contributed by atoms with E-state index in [1.807, 2.05) is 12.1 Å². The van der Waals surface area contributed by atoms with Gasteiger partial charge in [0.15, 0.2) is 0 Å². The fraction of sp³-hybridized carbons (Fsp3) is 0.263. The Bertz CT molecular complexity index is 956. The number of nitriles is 1. The number of carbonyl (C=O) groups is 1. The molecule has 1 heterocycles. The number of hydrogen-bond donors (Lipinski definition) is 1. The van der Waals surface area contributed by atoms with Crippen molar-refractivity contribution in [3.05, 3.63) is 65.2 Å². The summed E-state index contributed by atoms with van der Waals surface area (Å²) in [4.78, 5) is 13.2. The summed E-state index contributed by atoms with van der Waals surface area (Å²) >= 11 is 0. The molecular weight excluding hydrogens is 366 g/mol. The zero-order valence-corrected chi connectivity index (χ0v) is 15.4. The maximum Gasteiger partial charge on any atom is 0.335 e. The number of carboxylic acid groups (broad SMARTS) is 1. The van der Waals surface area contributed by atoms with E-state index in [4.69, 9.17) is 10.4 Å². The van der Waals surface area contributed by atoms with Crippen LogP contribution in [-0.4, -0.2) is 54.9 Å². The lowest BCUT2D eigenvalue weighted by Gasteiger charge is -2.34. The van der Waals surface area contributed by atoms with E-state index in [2.05, 4.69) is 11.0 Å². The van der Waals surface area contributed by atoms with Crippen LogP contribution in [0.5, 0.6) is 0 Å². The van der Waals surface area contributed by atoms with Crippen LogP contribution in [-0.2, 0) is 16.6 Å². The van der Waals surface area contributed by atoms with Crippen LogP contribution < -0.4 is 0 Å². The standard InChI is InChI=1S/C19H19N3O4S/c20-13-15-1-3-16(4-2-15)14-21-9-11-22(12-10-21)27(25,26)18-7-5-17(6-8-18)19(23)24/h1-8H,9-12,14H2,(H,23,24). The second kappa shape index (κ2) is 7.88. The van der Waals surface area contributed by atoms with Gasteiger partial charge in [-0.25, -0.2) is 13.2 Å². The van der Waals surface area contributed by atoms with E-state index in [9.17, 15) is 13.2 Å². The van der Waals surface area contributed by atoms with Gasteiger partial charge in [0.1, 0.15) is 0 Å². The number of benzene rings is 2. The van der Waals surface area contributed by atoms with Gasteiger partial charge in [-0.3, -0.25) is 4.90 Å². The van der Waals surface area contributed by atoms with E-state index >= 15 is 0 Å². The Balaban J connectivity index is 1.62. The molecule has 8 heteroatoms.